The summed E-state index contributed by atoms with van der Waals surface area (Å²) >= 11 is 0. The maximum Gasteiger partial charge on any atom is 0.341 e. The van der Waals surface area contributed by atoms with Crippen molar-refractivity contribution in [1.29, 1.82) is 0 Å². The molecule has 0 spiro atoms. The van der Waals surface area contributed by atoms with Crippen molar-refractivity contribution in [2.75, 3.05) is 18.5 Å². The summed E-state index contributed by atoms with van der Waals surface area (Å²) in [4.78, 5) is 16.1. The molecule has 20 heavy (non-hydrogen) atoms. The number of fused-ring (bicyclic) bond motifs is 1. The van der Waals surface area contributed by atoms with Gasteiger partial charge in [0.25, 0.3) is 0 Å². The average molecular weight is 276 g/mol. The van der Waals surface area contributed by atoms with E-state index in [-0.39, 0.29) is 12.4 Å². The van der Waals surface area contributed by atoms with Crippen molar-refractivity contribution in [2.24, 2.45) is 0 Å². The zero-order valence-corrected chi connectivity index (χ0v) is 11.6. The van der Waals surface area contributed by atoms with Gasteiger partial charge in [0.1, 0.15) is 11.4 Å². The Kier molecular flexibility index (Phi) is 4.50. The highest BCUT2D eigenvalue weighted by Crippen LogP contribution is 2.27. The number of hydrogen-bond acceptors (Lipinski definition) is 4. The van der Waals surface area contributed by atoms with Gasteiger partial charge in [0.15, 0.2) is 0 Å². The molecule has 0 aliphatic rings. The van der Waals surface area contributed by atoms with Crippen molar-refractivity contribution in [3.8, 4) is 0 Å². The Morgan fingerprint density at radius 1 is 1.40 bits per heavy atom. The van der Waals surface area contributed by atoms with E-state index in [4.69, 9.17) is 4.74 Å². The molecule has 0 amide bonds. The molecule has 1 heterocycles. The van der Waals surface area contributed by atoms with Gasteiger partial charge in [0, 0.05) is 18.1 Å². The minimum Gasteiger partial charge on any atom is -0.462 e. The van der Waals surface area contributed by atoms with Crippen molar-refractivity contribution in [3.05, 3.63) is 35.8 Å². The van der Waals surface area contributed by atoms with E-state index in [0.29, 0.717) is 28.7 Å². The molecule has 0 fully saturated rings. The van der Waals surface area contributed by atoms with Crippen LogP contribution in [0.5, 0.6) is 0 Å². The Morgan fingerprint density at radius 2 is 2.20 bits per heavy atom. The topological polar surface area (TPSA) is 51.2 Å². The summed E-state index contributed by atoms with van der Waals surface area (Å²) < 4.78 is 18.5. The third-order valence-corrected chi connectivity index (χ3v) is 2.88. The van der Waals surface area contributed by atoms with Gasteiger partial charge in [-0.15, -0.1) is 0 Å². The molecule has 2 rings (SSSR count). The first-order valence-electron chi connectivity index (χ1n) is 6.66. The molecule has 0 saturated heterocycles. The van der Waals surface area contributed by atoms with Gasteiger partial charge in [-0.3, -0.25) is 4.98 Å². The molecule has 0 aliphatic carbocycles. The van der Waals surface area contributed by atoms with Crippen LogP contribution < -0.4 is 5.32 Å². The molecular formula is C15H17FN2O2. The van der Waals surface area contributed by atoms with Crippen LogP contribution >= 0.6 is 0 Å². The van der Waals surface area contributed by atoms with Crippen LogP contribution in [-0.4, -0.2) is 24.1 Å². The van der Waals surface area contributed by atoms with Crippen LogP contribution in [0, 0.1) is 5.82 Å². The molecule has 2 aromatic rings. The second kappa shape index (κ2) is 6.32. The number of carbonyl (C=O) groups excluding carboxylic acids is 1. The lowest BCUT2D eigenvalue weighted by atomic mass is 10.1. The van der Waals surface area contributed by atoms with E-state index in [0.717, 1.165) is 6.42 Å². The second-order valence-electron chi connectivity index (χ2n) is 4.36. The minimum atomic E-state index is -0.454. The lowest BCUT2D eigenvalue weighted by Gasteiger charge is -2.13. The van der Waals surface area contributed by atoms with Gasteiger partial charge in [-0.05, 0) is 31.5 Å². The third kappa shape index (κ3) is 2.87. The largest absolute Gasteiger partial charge is 0.462 e. The molecule has 0 atom stereocenters. The summed E-state index contributed by atoms with van der Waals surface area (Å²) in [5.74, 6) is -0.815. The number of benzene rings is 1. The Labute approximate surface area is 117 Å². The molecule has 1 aromatic heterocycles. The Morgan fingerprint density at radius 3 is 2.90 bits per heavy atom. The van der Waals surface area contributed by atoms with E-state index >= 15 is 0 Å². The minimum absolute atomic E-state index is 0.285. The first-order chi connectivity index (χ1) is 9.67. The number of nitrogens with one attached hydrogen (secondary N) is 1. The van der Waals surface area contributed by atoms with Crippen molar-refractivity contribution in [2.45, 2.75) is 20.3 Å². The number of aromatic nitrogens is 1. The van der Waals surface area contributed by atoms with Crippen LogP contribution in [0.3, 0.4) is 0 Å². The summed E-state index contributed by atoms with van der Waals surface area (Å²) in [5.41, 5.74) is 1.55. The van der Waals surface area contributed by atoms with Crippen LogP contribution in [-0.2, 0) is 4.74 Å². The molecule has 0 saturated carbocycles. The zero-order chi connectivity index (χ0) is 14.5. The van der Waals surface area contributed by atoms with Crippen LogP contribution in [0.15, 0.2) is 24.4 Å². The molecule has 0 aliphatic heterocycles. The summed E-state index contributed by atoms with van der Waals surface area (Å²) in [6, 6.07) is 4.32. The predicted molar refractivity (Wildman–Crippen MR) is 76.4 cm³/mol. The molecule has 106 valence electrons. The predicted octanol–water partition coefficient (Wildman–Crippen LogP) is 3.37. The lowest BCUT2D eigenvalue weighted by molar-refractivity contribution is 0.0527. The number of hydrogen-bond donors (Lipinski definition) is 1. The quantitative estimate of drug-likeness (QED) is 0.851. The van der Waals surface area contributed by atoms with Gasteiger partial charge in [0.05, 0.1) is 17.8 Å². The molecule has 0 bridgehead atoms. The maximum absolute atomic E-state index is 13.4. The Balaban J connectivity index is 2.58. The van der Waals surface area contributed by atoms with Gasteiger partial charge in [-0.25, -0.2) is 9.18 Å². The molecule has 4 nitrogen and oxygen atoms in total. The first-order valence-corrected chi connectivity index (χ1v) is 6.66. The first kappa shape index (κ1) is 14.2. The second-order valence-corrected chi connectivity index (χ2v) is 4.36. The third-order valence-electron chi connectivity index (χ3n) is 2.88. The van der Waals surface area contributed by atoms with Gasteiger partial charge >= 0.3 is 5.97 Å². The van der Waals surface area contributed by atoms with E-state index in [2.05, 4.69) is 10.3 Å². The number of esters is 1. The summed E-state index contributed by atoms with van der Waals surface area (Å²) in [6.45, 7) is 4.72. The fourth-order valence-electron chi connectivity index (χ4n) is 1.97. The number of halogens is 1. The lowest BCUT2D eigenvalue weighted by Crippen LogP contribution is -2.11. The van der Waals surface area contributed by atoms with Crippen molar-refractivity contribution in [3.63, 3.8) is 0 Å². The molecule has 1 N–H and O–H groups in total. The zero-order valence-electron chi connectivity index (χ0n) is 11.6. The average Bonchev–Trinajstić information content (AvgIpc) is 2.44. The fraction of sp³-hybridized carbons (Fsp3) is 0.333. The van der Waals surface area contributed by atoms with E-state index in [1.54, 1.807) is 13.0 Å². The number of ether oxygens (including phenoxy) is 1. The van der Waals surface area contributed by atoms with E-state index in [9.17, 15) is 9.18 Å². The van der Waals surface area contributed by atoms with Crippen molar-refractivity contribution >= 4 is 22.6 Å². The van der Waals surface area contributed by atoms with Gasteiger partial charge < -0.3 is 10.1 Å². The van der Waals surface area contributed by atoms with Gasteiger partial charge in [0.2, 0.25) is 0 Å². The summed E-state index contributed by atoms with van der Waals surface area (Å²) in [6.07, 6.45) is 2.36. The van der Waals surface area contributed by atoms with E-state index in [1.807, 2.05) is 6.92 Å². The number of pyridine rings is 1. The van der Waals surface area contributed by atoms with Crippen LogP contribution in [0.1, 0.15) is 30.6 Å². The monoisotopic (exact) mass is 276 g/mol. The highest BCUT2D eigenvalue weighted by Gasteiger charge is 2.16. The molecular weight excluding hydrogens is 259 g/mol. The van der Waals surface area contributed by atoms with Crippen molar-refractivity contribution < 1.29 is 13.9 Å². The number of nitrogens with zero attached hydrogens (tertiary/aromatic N) is 1. The van der Waals surface area contributed by atoms with Crippen LogP contribution in [0.2, 0.25) is 0 Å². The fourth-order valence-corrected chi connectivity index (χ4v) is 1.97. The number of carbonyl (C=O) groups is 1. The van der Waals surface area contributed by atoms with Crippen LogP contribution in [0.25, 0.3) is 10.9 Å². The molecule has 5 heteroatoms. The number of anilines is 1. The standard InChI is InChI=1S/C15H17FN2O2/c1-3-7-17-14-11-8-10(16)5-6-13(11)18-9-12(14)15(19)20-4-2/h5-6,8-9H,3-4,7H2,1-2H3,(H,17,18). The van der Waals surface area contributed by atoms with Gasteiger partial charge in [-0.2, -0.15) is 0 Å². The van der Waals surface area contributed by atoms with Crippen LogP contribution in [0.4, 0.5) is 10.1 Å². The highest BCUT2D eigenvalue weighted by molar-refractivity contribution is 6.04. The highest BCUT2D eigenvalue weighted by atomic mass is 19.1. The van der Waals surface area contributed by atoms with E-state index < -0.39 is 5.97 Å². The van der Waals surface area contributed by atoms with E-state index in [1.165, 1.54) is 18.3 Å². The summed E-state index contributed by atoms with van der Waals surface area (Å²) in [7, 11) is 0. The smallest absolute Gasteiger partial charge is 0.341 e. The normalized spacial score (nSPS) is 10.6. The van der Waals surface area contributed by atoms with Gasteiger partial charge in [-0.1, -0.05) is 6.92 Å². The molecule has 1 aromatic carbocycles. The number of rotatable bonds is 5. The molecule has 0 unspecified atom stereocenters. The molecule has 0 radical (unpaired) electrons. The SMILES string of the molecule is CCCNc1c(C(=O)OCC)cnc2ccc(F)cc12. The van der Waals surface area contributed by atoms with Crippen molar-refractivity contribution in [1.82, 2.24) is 4.98 Å². The summed E-state index contributed by atoms with van der Waals surface area (Å²) in [5, 5.41) is 3.75. The Bertz CT molecular complexity index is 629. The Hall–Kier alpha value is -2.17. The maximum atomic E-state index is 13.4.